The molecule has 0 fully saturated rings. The van der Waals surface area contributed by atoms with Crippen molar-refractivity contribution in [3.63, 3.8) is 0 Å². The minimum atomic E-state index is -4.49. The van der Waals surface area contributed by atoms with E-state index < -0.39 is 34.8 Å². The molecular weight excluding hydrogens is 425 g/mol. The minimum Gasteiger partial charge on any atom is -0.467 e. The zero-order chi connectivity index (χ0) is 23.9. The van der Waals surface area contributed by atoms with E-state index in [1.807, 2.05) is 19.9 Å². The zero-order valence-electron chi connectivity index (χ0n) is 18.4. The number of alkyl halides is 3. The van der Waals surface area contributed by atoms with Crippen LogP contribution in [0.2, 0.25) is 0 Å². The Hall–Kier alpha value is -3.23. The normalized spacial score (nSPS) is 22.4. The Morgan fingerprint density at radius 2 is 1.62 bits per heavy atom. The molecule has 0 aromatic heterocycles. The molecule has 1 heterocycles. The monoisotopic (exact) mass is 450 g/mol. The molecule has 1 aliphatic heterocycles. The number of rotatable bonds is 4. The molecule has 0 saturated heterocycles. The number of anilines is 2. The van der Waals surface area contributed by atoms with Crippen LogP contribution in [0, 0.1) is 13.8 Å². The summed E-state index contributed by atoms with van der Waals surface area (Å²) in [5.41, 5.74) is -0.677. The molecule has 2 aromatic rings. The molecule has 0 bridgehead atoms. The van der Waals surface area contributed by atoms with Crippen LogP contribution in [0.25, 0.3) is 0 Å². The van der Waals surface area contributed by atoms with Gasteiger partial charge in [-0.3, -0.25) is 0 Å². The lowest BCUT2D eigenvalue weighted by molar-refractivity contribution is -0.151. The van der Waals surface area contributed by atoms with Gasteiger partial charge in [-0.1, -0.05) is 6.07 Å². The van der Waals surface area contributed by atoms with Crippen LogP contribution in [0.1, 0.15) is 35.6 Å². The van der Waals surface area contributed by atoms with Gasteiger partial charge < -0.3 is 20.1 Å². The minimum absolute atomic E-state index is 0.0999. The van der Waals surface area contributed by atoms with Gasteiger partial charge in [0.15, 0.2) is 5.54 Å². The van der Waals surface area contributed by atoms with Crippen LogP contribution < -0.4 is 10.6 Å². The first-order valence-electron chi connectivity index (χ1n) is 9.88. The van der Waals surface area contributed by atoms with Gasteiger partial charge in [0, 0.05) is 23.4 Å². The van der Waals surface area contributed by atoms with Gasteiger partial charge in [0.05, 0.1) is 19.8 Å². The molecular formula is C23H25F3N2O4. The van der Waals surface area contributed by atoms with Crippen molar-refractivity contribution in [3.05, 3.63) is 58.7 Å². The predicted molar refractivity (Wildman–Crippen MR) is 113 cm³/mol. The number of ether oxygens (including phenoxy) is 2. The fraction of sp³-hybridized carbons (Fsp3) is 0.391. The summed E-state index contributed by atoms with van der Waals surface area (Å²) in [6, 6.07) is 8.03. The molecule has 0 saturated carbocycles. The van der Waals surface area contributed by atoms with Crippen molar-refractivity contribution in [1.29, 1.82) is 0 Å². The Morgan fingerprint density at radius 1 is 1.03 bits per heavy atom. The lowest BCUT2D eigenvalue weighted by Gasteiger charge is -2.46. The van der Waals surface area contributed by atoms with E-state index in [1.54, 1.807) is 13.0 Å². The third kappa shape index (κ3) is 3.99. The smallest absolute Gasteiger partial charge is 0.416 e. The number of carbonyl (C=O) groups is 2. The van der Waals surface area contributed by atoms with E-state index in [0.717, 1.165) is 23.3 Å². The molecule has 2 aromatic carbocycles. The van der Waals surface area contributed by atoms with Crippen molar-refractivity contribution >= 4 is 23.3 Å². The molecule has 32 heavy (non-hydrogen) atoms. The summed E-state index contributed by atoms with van der Waals surface area (Å²) in [4.78, 5) is 26.0. The predicted octanol–water partition coefficient (Wildman–Crippen LogP) is 4.55. The van der Waals surface area contributed by atoms with Crippen LogP contribution in [0.15, 0.2) is 36.4 Å². The maximum atomic E-state index is 13.3. The average Bonchev–Trinajstić information content (AvgIpc) is 2.71. The lowest BCUT2D eigenvalue weighted by atomic mass is 9.71. The summed E-state index contributed by atoms with van der Waals surface area (Å²) in [6.45, 7) is 5.30. The summed E-state index contributed by atoms with van der Waals surface area (Å²) in [6.07, 6.45) is -4.59. The number of aryl methyl sites for hydroxylation is 2. The summed E-state index contributed by atoms with van der Waals surface area (Å²) in [7, 11) is 2.47. The van der Waals surface area contributed by atoms with Crippen LogP contribution in [0.3, 0.4) is 0 Å². The Kier molecular flexibility index (Phi) is 5.88. The van der Waals surface area contributed by atoms with Crippen molar-refractivity contribution in [3.8, 4) is 0 Å². The van der Waals surface area contributed by atoms with Crippen LogP contribution in [0.5, 0.6) is 0 Å². The van der Waals surface area contributed by atoms with Crippen molar-refractivity contribution in [2.45, 2.75) is 44.4 Å². The first-order valence-corrected chi connectivity index (χ1v) is 9.88. The average molecular weight is 450 g/mol. The highest BCUT2D eigenvalue weighted by atomic mass is 19.4. The highest BCUT2D eigenvalue weighted by Crippen LogP contribution is 2.47. The topological polar surface area (TPSA) is 76.7 Å². The lowest BCUT2D eigenvalue weighted by Crippen LogP contribution is -2.59. The van der Waals surface area contributed by atoms with Gasteiger partial charge in [-0.2, -0.15) is 13.2 Å². The van der Waals surface area contributed by atoms with Gasteiger partial charge in [-0.25, -0.2) is 9.59 Å². The second kappa shape index (κ2) is 8.03. The first-order chi connectivity index (χ1) is 14.9. The molecule has 2 unspecified atom stereocenters. The second-order valence-electron chi connectivity index (χ2n) is 8.23. The van der Waals surface area contributed by atoms with E-state index in [1.165, 1.54) is 26.4 Å². The van der Waals surface area contributed by atoms with Crippen LogP contribution in [0.4, 0.5) is 24.5 Å². The highest BCUT2D eigenvalue weighted by Gasteiger charge is 2.55. The number of halogens is 3. The highest BCUT2D eigenvalue weighted by molar-refractivity contribution is 5.95. The van der Waals surface area contributed by atoms with Crippen LogP contribution in [-0.2, 0) is 30.8 Å². The van der Waals surface area contributed by atoms with E-state index in [2.05, 4.69) is 10.6 Å². The number of nitrogens with one attached hydrogen (secondary N) is 2. The number of benzene rings is 2. The molecule has 0 amide bonds. The summed E-state index contributed by atoms with van der Waals surface area (Å²) < 4.78 is 49.1. The molecule has 0 spiro atoms. The van der Waals surface area contributed by atoms with Crippen molar-refractivity contribution in [2.24, 2.45) is 0 Å². The number of methoxy groups -OCH3 is 2. The van der Waals surface area contributed by atoms with E-state index in [0.29, 0.717) is 11.3 Å². The van der Waals surface area contributed by atoms with Crippen LogP contribution >= 0.6 is 0 Å². The maximum Gasteiger partial charge on any atom is 0.416 e. The van der Waals surface area contributed by atoms with Gasteiger partial charge in [0.2, 0.25) is 0 Å². The number of hydrogen-bond acceptors (Lipinski definition) is 6. The Morgan fingerprint density at radius 3 is 2.16 bits per heavy atom. The number of hydrogen-bond donors (Lipinski definition) is 2. The Labute approximate surface area is 184 Å². The summed E-state index contributed by atoms with van der Waals surface area (Å²) >= 11 is 0. The van der Waals surface area contributed by atoms with Crippen molar-refractivity contribution in [1.82, 2.24) is 0 Å². The standard InChI is InChI=1S/C23H25F3N2O4/c1-13-10-14(2)18-17(11-13)28-21(3,19(29)31-4)12-22(18,20(30)32-5)27-16-8-6-15(7-9-16)23(24,25)26/h6-11,27-28H,12H2,1-5H3. The fourth-order valence-electron chi connectivity index (χ4n) is 4.44. The Balaban J connectivity index is 2.22. The third-order valence-electron chi connectivity index (χ3n) is 5.68. The molecule has 0 radical (unpaired) electrons. The van der Waals surface area contributed by atoms with E-state index in [9.17, 15) is 22.8 Å². The van der Waals surface area contributed by atoms with Gasteiger partial charge in [-0.05, 0) is 62.2 Å². The third-order valence-corrected chi connectivity index (χ3v) is 5.68. The maximum absolute atomic E-state index is 13.3. The molecule has 6 nitrogen and oxygen atoms in total. The van der Waals surface area contributed by atoms with Crippen LogP contribution in [-0.4, -0.2) is 31.7 Å². The SMILES string of the molecule is COC(=O)C1(C)CC(Nc2ccc(C(F)(F)F)cc2)(C(=O)OC)c2c(C)cc(C)cc2N1. The van der Waals surface area contributed by atoms with E-state index in [-0.39, 0.29) is 12.1 Å². The van der Waals surface area contributed by atoms with Gasteiger partial charge in [-0.15, -0.1) is 0 Å². The van der Waals surface area contributed by atoms with E-state index in [4.69, 9.17) is 9.47 Å². The van der Waals surface area contributed by atoms with Crippen molar-refractivity contribution in [2.75, 3.05) is 24.9 Å². The van der Waals surface area contributed by atoms with Gasteiger partial charge in [0.25, 0.3) is 0 Å². The second-order valence-corrected chi connectivity index (χ2v) is 8.23. The molecule has 1 aliphatic rings. The molecule has 2 N–H and O–H groups in total. The number of carbonyl (C=O) groups excluding carboxylic acids is 2. The summed E-state index contributed by atoms with van der Waals surface area (Å²) in [5.74, 6) is -1.27. The van der Waals surface area contributed by atoms with Gasteiger partial charge in [0.1, 0.15) is 5.54 Å². The molecule has 3 rings (SSSR count). The molecule has 2 atom stereocenters. The quantitative estimate of drug-likeness (QED) is 0.666. The fourth-order valence-corrected chi connectivity index (χ4v) is 4.44. The van der Waals surface area contributed by atoms with Crippen molar-refractivity contribution < 1.29 is 32.2 Å². The van der Waals surface area contributed by atoms with Gasteiger partial charge >= 0.3 is 18.1 Å². The molecule has 172 valence electrons. The number of esters is 2. The van der Waals surface area contributed by atoms with E-state index >= 15 is 0 Å². The first kappa shape index (κ1) is 23.4. The summed E-state index contributed by atoms with van der Waals surface area (Å²) in [5, 5.41) is 6.27. The zero-order valence-corrected chi connectivity index (χ0v) is 18.4. The molecule has 0 aliphatic carbocycles. The number of fused-ring (bicyclic) bond motifs is 1. The Bertz CT molecular complexity index is 1050. The largest absolute Gasteiger partial charge is 0.467 e. The molecule has 9 heteroatoms.